The number of hydrogen-bond donors (Lipinski definition) is 1. The summed E-state index contributed by atoms with van der Waals surface area (Å²) < 4.78 is 5.38. The van der Waals surface area contributed by atoms with Gasteiger partial charge in [-0.2, -0.15) is 10.2 Å². The molecule has 78 valence electrons. The molecule has 0 aliphatic carbocycles. The Morgan fingerprint density at radius 2 is 2.36 bits per heavy atom. The summed E-state index contributed by atoms with van der Waals surface area (Å²) in [5.74, 6) is 0. The van der Waals surface area contributed by atoms with Gasteiger partial charge in [-0.1, -0.05) is 0 Å². The van der Waals surface area contributed by atoms with Gasteiger partial charge in [0.15, 0.2) is 0 Å². The van der Waals surface area contributed by atoms with Gasteiger partial charge in [0.05, 0.1) is 18.4 Å². The van der Waals surface area contributed by atoms with Gasteiger partial charge < -0.3 is 10.1 Å². The summed E-state index contributed by atoms with van der Waals surface area (Å²) in [4.78, 5) is 0. The lowest BCUT2D eigenvalue weighted by molar-refractivity contribution is 0.0806. The van der Waals surface area contributed by atoms with Gasteiger partial charge >= 0.3 is 0 Å². The van der Waals surface area contributed by atoms with Crippen LogP contribution in [0.25, 0.3) is 0 Å². The molecular weight excluding hydrogens is 178 g/mol. The maximum Gasteiger partial charge on any atom is 0.0768 e. The predicted molar refractivity (Wildman–Crippen MR) is 54.8 cm³/mol. The first-order chi connectivity index (χ1) is 6.79. The van der Waals surface area contributed by atoms with Crippen LogP contribution in [0, 0.1) is 0 Å². The fourth-order valence-corrected chi connectivity index (χ4v) is 1.01. The summed E-state index contributed by atoms with van der Waals surface area (Å²) in [6, 6.07) is 3.83. The van der Waals surface area contributed by atoms with Gasteiger partial charge in [0.25, 0.3) is 0 Å². The van der Waals surface area contributed by atoms with Gasteiger partial charge in [0.2, 0.25) is 0 Å². The molecule has 0 spiro atoms. The van der Waals surface area contributed by atoms with Crippen molar-refractivity contribution in [1.29, 1.82) is 0 Å². The number of ether oxygens (including phenoxy) is 1. The Balaban J connectivity index is 2.05. The Bertz CT molecular complexity index is 238. The van der Waals surface area contributed by atoms with Gasteiger partial charge in [-0.15, -0.1) is 0 Å². The SMILES string of the molecule is CC(C)OCCNCc1cccnn1. The summed E-state index contributed by atoms with van der Waals surface area (Å²) >= 11 is 0. The van der Waals surface area contributed by atoms with Crippen LogP contribution in [0.4, 0.5) is 0 Å². The minimum absolute atomic E-state index is 0.299. The topological polar surface area (TPSA) is 47.0 Å². The lowest BCUT2D eigenvalue weighted by atomic mass is 10.4. The van der Waals surface area contributed by atoms with Crippen LogP contribution in [-0.4, -0.2) is 29.5 Å². The molecule has 0 unspecified atom stereocenters. The van der Waals surface area contributed by atoms with Crippen molar-refractivity contribution >= 4 is 0 Å². The molecule has 14 heavy (non-hydrogen) atoms. The second-order valence-electron chi connectivity index (χ2n) is 3.31. The molecule has 4 heteroatoms. The first-order valence-corrected chi connectivity index (χ1v) is 4.88. The van der Waals surface area contributed by atoms with Crippen LogP contribution in [0.3, 0.4) is 0 Å². The van der Waals surface area contributed by atoms with Gasteiger partial charge in [0.1, 0.15) is 0 Å². The number of nitrogens with one attached hydrogen (secondary N) is 1. The second kappa shape index (κ2) is 6.45. The number of hydrogen-bond acceptors (Lipinski definition) is 4. The Hall–Kier alpha value is -1.00. The van der Waals surface area contributed by atoms with E-state index in [1.165, 1.54) is 0 Å². The van der Waals surface area contributed by atoms with E-state index < -0.39 is 0 Å². The number of rotatable bonds is 6. The summed E-state index contributed by atoms with van der Waals surface area (Å²) in [5.41, 5.74) is 0.956. The van der Waals surface area contributed by atoms with Gasteiger partial charge in [-0.05, 0) is 26.0 Å². The molecule has 0 saturated heterocycles. The molecule has 0 saturated carbocycles. The molecule has 0 aromatic carbocycles. The highest BCUT2D eigenvalue weighted by Gasteiger charge is 1.94. The zero-order chi connectivity index (χ0) is 10.2. The van der Waals surface area contributed by atoms with Crippen molar-refractivity contribution in [2.45, 2.75) is 26.5 Å². The van der Waals surface area contributed by atoms with Crippen LogP contribution in [-0.2, 0) is 11.3 Å². The highest BCUT2D eigenvalue weighted by atomic mass is 16.5. The summed E-state index contributed by atoms with van der Waals surface area (Å²) in [7, 11) is 0. The second-order valence-corrected chi connectivity index (χ2v) is 3.31. The minimum atomic E-state index is 0.299. The van der Waals surface area contributed by atoms with Crippen LogP contribution in [0.15, 0.2) is 18.3 Å². The van der Waals surface area contributed by atoms with E-state index in [-0.39, 0.29) is 0 Å². The molecule has 4 nitrogen and oxygen atoms in total. The molecule has 0 aliphatic rings. The van der Waals surface area contributed by atoms with Crippen molar-refractivity contribution in [1.82, 2.24) is 15.5 Å². The minimum Gasteiger partial charge on any atom is -0.377 e. The van der Waals surface area contributed by atoms with Crippen LogP contribution in [0.1, 0.15) is 19.5 Å². The zero-order valence-corrected chi connectivity index (χ0v) is 8.73. The van der Waals surface area contributed by atoms with Gasteiger partial charge in [-0.3, -0.25) is 0 Å². The molecule has 0 radical (unpaired) electrons. The zero-order valence-electron chi connectivity index (χ0n) is 8.73. The van der Waals surface area contributed by atoms with Crippen molar-refractivity contribution in [3.05, 3.63) is 24.0 Å². The average molecular weight is 195 g/mol. The number of aromatic nitrogens is 2. The molecule has 1 aromatic rings. The third kappa shape index (κ3) is 4.89. The first kappa shape index (κ1) is 11.1. The summed E-state index contributed by atoms with van der Waals surface area (Å²) in [5, 5.41) is 11.0. The highest BCUT2D eigenvalue weighted by molar-refractivity contribution is 4.98. The fraction of sp³-hybridized carbons (Fsp3) is 0.600. The molecule has 0 atom stereocenters. The molecule has 1 rings (SSSR count). The quantitative estimate of drug-likeness (QED) is 0.688. The normalized spacial score (nSPS) is 10.8. The number of nitrogens with zero attached hydrogens (tertiary/aromatic N) is 2. The summed E-state index contributed by atoms with van der Waals surface area (Å²) in [6.07, 6.45) is 1.97. The van der Waals surface area contributed by atoms with Crippen molar-refractivity contribution in [2.75, 3.05) is 13.2 Å². The third-order valence-electron chi connectivity index (χ3n) is 1.66. The van der Waals surface area contributed by atoms with Crippen molar-refractivity contribution in [3.63, 3.8) is 0 Å². The third-order valence-corrected chi connectivity index (χ3v) is 1.66. The Labute approximate surface area is 84.7 Å². The van der Waals surface area contributed by atoms with E-state index in [0.717, 1.165) is 25.4 Å². The van der Waals surface area contributed by atoms with E-state index in [4.69, 9.17) is 4.74 Å². The van der Waals surface area contributed by atoms with Crippen LogP contribution in [0.2, 0.25) is 0 Å². The predicted octanol–water partition coefficient (Wildman–Crippen LogP) is 0.991. The molecule has 1 aromatic heterocycles. The highest BCUT2D eigenvalue weighted by Crippen LogP contribution is 1.89. The van der Waals surface area contributed by atoms with Crippen LogP contribution >= 0.6 is 0 Å². The fourth-order valence-electron chi connectivity index (χ4n) is 1.01. The van der Waals surface area contributed by atoms with Crippen molar-refractivity contribution in [2.24, 2.45) is 0 Å². The monoisotopic (exact) mass is 195 g/mol. The lowest BCUT2D eigenvalue weighted by Gasteiger charge is -2.07. The lowest BCUT2D eigenvalue weighted by Crippen LogP contribution is -2.21. The van der Waals surface area contributed by atoms with E-state index in [2.05, 4.69) is 15.5 Å². The maximum absolute atomic E-state index is 5.38. The largest absolute Gasteiger partial charge is 0.377 e. The molecular formula is C10H17N3O. The van der Waals surface area contributed by atoms with Crippen LogP contribution in [0.5, 0.6) is 0 Å². The van der Waals surface area contributed by atoms with Crippen LogP contribution < -0.4 is 5.32 Å². The van der Waals surface area contributed by atoms with E-state index in [1.807, 2.05) is 26.0 Å². The molecule has 0 aliphatic heterocycles. The Morgan fingerprint density at radius 3 is 3.00 bits per heavy atom. The Kier molecular flexibility index (Phi) is 5.11. The molecule has 1 heterocycles. The van der Waals surface area contributed by atoms with Gasteiger partial charge in [0, 0.05) is 19.3 Å². The molecule has 0 amide bonds. The van der Waals surface area contributed by atoms with E-state index in [1.54, 1.807) is 6.20 Å². The Morgan fingerprint density at radius 1 is 1.50 bits per heavy atom. The average Bonchev–Trinajstić information content (AvgIpc) is 2.18. The maximum atomic E-state index is 5.38. The van der Waals surface area contributed by atoms with Gasteiger partial charge in [-0.25, -0.2) is 0 Å². The molecule has 0 fully saturated rings. The van der Waals surface area contributed by atoms with Crippen molar-refractivity contribution < 1.29 is 4.74 Å². The summed E-state index contributed by atoms with van der Waals surface area (Å²) in [6.45, 7) is 6.38. The smallest absolute Gasteiger partial charge is 0.0768 e. The van der Waals surface area contributed by atoms with E-state index in [9.17, 15) is 0 Å². The molecule has 0 bridgehead atoms. The van der Waals surface area contributed by atoms with Crippen molar-refractivity contribution in [3.8, 4) is 0 Å². The standard InChI is InChI=1S/C10H17N3O/c1-9(2)14-7-6-11-8-10-4-3-5-12-13-10/h3-5,9,11H,6-8H2,1-2H3. The molecule has 1 N–H and O–H groups in total. The van der Waals surface area contributed by atoms with E-state index >= 15 is 0 Å². The first-order valence-electron chi connectivity index (χ1n) is 4.88. The van der Waals surface area contributed by atoms with E-state index in [0.29, 0.717) is 6.10 Å².